The van der Waals surface area contributed by atoms with Crippen LogP contribution in [-0.4, -0.2) is 11.2 Å². The summed E-state index contributed by atoms with van der Waals surface area (Å²) in [4.78, 5) is 0. The molecule has 0 radical (unpaired) electrons. The minimum atomic E-state index is -0.987. The van der Waals surface area contributed by atoms with Crippen molar-refractivity contribution in [1.29, 1.82) is 0 Å². The van der Waals surface area contributed by atoms with Gasteiger partial charge in [-0.25, -0.2) is 8.78 Å². The Labute approximate surface area is 88.9 Å². The second-order valence-corrected chi connectivity index (χ2v) is 3.82. The van der Waals surface area contributed by atoms with E-state index in [9.17, 15) is 13.9 Å². The Kier molecular flexibility index (Phi) is 3.58. The van der Waals surface area contributed by atoms with Crippen molar-refractivity contribution in [3.63, 3.8) is 0 Å². The van der Waals surface area contributed by atoms with Gasteiger partial charge in [-0.05, 0) is 34.5 Å². The van der Waals surface area contributed by atoms with Crippen molar-refractivity contribution < 1.29 is 13.9 Å². The molecule has 2 atom stereocenters. The maximum Gasteiger partial charge on any atom is 0.173 e. The predicted octanol–water partition coefficient (Wildman–Crippen LogP) is 2.11. The zero-order valence-corrected chi connectivity index (χ0v) is 9.05. The predicted molar refractivity (Wildman–Crippen MR) is 52.7 cm³/mol. The molecule has 0 aliphatic heterocycles. The highest BCUT2D eigenvalue weighted by Crippen LogP contribution is 2.28. The van der Waals surface area contributed by atoms with Crippen LogP contribution in [0.5, 0.6) is 0 Å². The zero-order chi connectivity index (χ0) is 10.9. The minimum Gasteiger partial charge on any atom is -0.391 e. The summed E-state index contributed by atoms with van der Waals surface area (Å²) < 4.78 is 25.7. The average molecular weight is 266 g/mol. The second-order valence-electron chi connectivity index (χ2n) is 3.03. The highest BCUT2D eigenvalue weighted by Gasteiger charge is 2.19. The number of halogens is 3. The number of hydrogen-bond acceptors (Lipinski definition) is 2. The second kappa shape index (κ2) is 4.33. The van der Waals surface area contributed by atoms with Gasteiger partial charge in [0.15, 0.2) is 11.6 Å². The number of nitrogens with two attached hydrogens (primary N) is 1. The van der Waals surface area contributed by atoms with Gasteiger partial charge in [0.25, 0.3) is 0 Å². The molecule has 14 heavy (non-hydrogen) atoms. The molecule has 0 saturated carbocycles. The minimum absolute atomic E-state index is 0.0362. The normalized spacial score (nSPS) is 15.3. The molecular weight excluding hydrogens is 256 g/mol. The summed E-state index contributed by atoms with van der Waals surface area (Å²) >= 11 is 2.89. The Morgan fingerprint density at radius 1 is 1.43 bits per heavy atom. The lowest BCUT2D eigenvalue weighted by atomic mass is 10.0. The Morgan fingerprint density at radius 2 is 2.00 bits per heavy atom. The standard InChI is InChI=1S/C9H10BrF2NO/c1-4(14)9(13)5-2-3-6(11)8(12)7(5)10/h2-4,9,14H,13H2,1H3. The highest BCUT2D eigenvalue weighted by atomic mass is 79.9. The van der Waals surface area contributed by atoms with Crippen LogP contribution >= 0.6 is 15.9 Å². The summed E-state index contributed by atoms with van der Waals surface area (Å²) in [5.74, 6) is -1.93. The fraction of sp³-hybridized carbons (Fsp3) is 0.333. The van der Waals surface area contributed by atoms with Crippen molar-refractivity contribution >= 4 is 15.9 Å². The van der Waals surface area contributed by atoms with E-state index < -0.39 is 23.8 Å². The molecule has 2 nitrogen and oxygen atoms in total. The highest BCUT2D eigenvalue weighted by molar-refractivity contribution is 9.10. The van der Waals surface area contributed by atoms with Gasteiger partial charge in [-0.1, -0.05) is 6.07 Å². The van der Waals surface area contributed by atoms with Gasteiger partial charge in [0.1, 0.15) is 0 Å². The molecule has 5 heteroatoms. The molecule has 1 aromatic rings. The van der Waals surface area contributed by atoms with Crippen LogP contribution in [0.2, 0.25) is 0 Å². The fourth-order valence-electron chi connectivity index (χ4n) is 1.06. The molecule has 0 bridgehead atoms. The Balaban J connectivity index is 3.17. The van der Waals surface area contributed by atoms with Gasteiger partial charge in [-0.3, -0.25) is 0 Å². The number of hydrogen-bond donors (Lipinski definition) is 2. The third-order valence-electron chi connectivity index (χ3n) is 1.94. The molecule has 0 fully saturated rings. The van der Waals surface area contributed by atoms with Crippen molar-refractivity contribution in [3.05, 3.63) is 33.8 Å². The SMILES string of the molecule is CC(O)C(N)c1ccc(F)c(F)c1Br. The number of rotatable bonds is 2. The van der Waals surface area contributed by atoms with Gasteiger partial charge in [0.2, 0.25) is 0 Å². The van der Waals surface area contributed by atoms with E-state index in [-0.39, 0.29) is 4.47 Å². The molecule has 0 spiro atoms. The molecule has 0 saturated heterocycles. The lowest BCUT2D eigenvalue weighted by Crippen LogP contribution is -2.23. The Bertz CT molecular complexity index is 344. The number of aliphatic hydroxyl groups is 1. The van der Waals surface area contributed by atoms with E-state index in [2.05, 4.69) is 15.9 Å². The summed E-state index contributed by atoms with van der Waals surface area (Å²) in [5, 5.41) is 9.20. The molecule has 0 aromatic heterocycles. The van der Waals surface area contributed by atoms with Crippen LogP contribution < -0.4 is 5.73 Å². The van der Waals surface area contributed by atoms with Gasteiger partial charge in [0.05, 0.1) is 16.6 Å². The van der Waals surface area contributed by atoms with E-state index in [1.807, 2.05) is 0 Å². The van der Waals surface area contributed by atoms with Crippen molar-refractivity contribution in [2.75, 3.05) is 0 Å². The first-order chi connectivity index (χ1) is 6.45. The van der Waals surface area contributed by atoms with E-state index in [4.69, 9.17) is 5.73 Å². The van der Waals surface area contributed by atoms with Crippen LogP contribution in [0, 0.1) is 11.6 Å². The molecule has 78 valence electrons. The van der Waals surface area contributed by atoms with Crippen LogP contribution in [0.4, 0.5) is 8.78 Å². The molecular formula is C9H10BrF2NO. The Morgan fingerprint density at radius 3 is 2.50 bits per heavy atom. The van der Waals surface area contributed by atoms with E-state index in [0.29, 0.717) is 5.56 Å². The van der Waals surface area contributed by atoms with Gasteiger partial charge in [-0.2, -0.15) is 0 Å². The van der Waals surface area contributed by atoms with Crippen LogP contribution in [-0.2, 0) is 0 Å². The molecule has 1 rings (SSSR count). The fourth-order valence-corrected chi connectivity index (χ4v) is 1.64. The van der Waals surface area contributed by atoms with Crippen molar-refractivity contribution in [2.45, 2.75) is 19.1 Å². The molecule has 2 unspecified atom stereocenters. The average Bonchev–Trinajstić information content (AvgIpc) is 2.13. The van der Waals surface area contributed by atoms with Gasteiger partial charge in [-0.15, -0.1) is 0 Å². The van der Waals surface area contributed by atoms with Crippen LogP contribution in [0.3, 0.4) is 0 Å². The maximum atomic E-state index is 13.1. The lowest BCUT2D eigenvalue weighted by Gasteiger charge is -2.16. The summed E-state index contributed by atoms with van der Waals surface area (Å²) in [7, 11) is 0. The van der Waals surface area contributed by atoms with Crippen molar-refractivity contribution in [3.8, 4) is 0 Å². The lowest BCUT2D eigenvalue weighted by molar-refractivity contribution is 0.164. The summed E-state index contributed by atoms with van der Waals surface area (Å²) in [5.41, 5.74) is 5.93. The molecule has 1 aromatic carbocycles. The first-order valence-corrected chi connectivity index (χ1v) is 4.81. The van der Waals surface area contributed by atoms with Crippen molar-refractivity contribution in [2.24, 2.45) is 5.73 Å². The van der Waals surface area contributed by atoms with Crippen LogP contribution in [0.25, 0.3) is 0 Å². The summed E-state index contributed by atoms with van der Waals surface area (Å²) in [6.45, 7) is 1.48. The Hall–Kier alpha value is -0.520. The molecule has 0 aliphatic rings. The number of aliphatic hydroxyl groups excluding tert-OH is 1. The van der Waals surface area contributed by atoms with Gasteiger partial charge in [0, 0.05) is 0 Å². The van der Waals surface area contributed by atoms with Gasteiger partial charge < -0.3 is 10.8 Å². The first-order valence-electron chi connectivity index (χ1n) is 4.02. The smallest absolute Gasteiger partial charge is 0.173 e. The van der Waals surface area contributed by atoms with E-state index >= 15 is 0 Å². The third-order valence-corrected chi connectivity index (χ3v) is 2.75. The monoisotopic (exact) mass is 265 g/mol. The topological polar surface area (TPSA) is 46.2 Å². The third kappa shape index (κ3) is 2.10. The summed E-state index contributed by atoms with van der Waals surface area (Å²) in [6.07, 6.45) is -0.823. The van der Waals surface area contributed by atoms with E-state index in [0.717, 1.165) is 6.07 Å². The van der Waals surface area contributed by atoms with Crippen molar-refractivity contribution in [1.82, 2.24) is 0 Å². The first kappa shape index (κ1) is 11.6. The van der Waals surface area contributed by atoms with Crippen LogP contribution in [0.15, 0.2) is 16.6 Å². The molecule has 0 heterocycles. The van der Waals surface area contributed by atoms with Crippen LogP contribution in [0.1, 0.15) is 18.5 Å². The van der Waals surface area contributed by atoms with E-state index in [1.54, 1.807) is 0 Å². The summed E-state index contributed by atoms with van der Waals surface area (Å²) in [6, 6.07) is 1.59. The van der Waals surface area contributed by atoms with Gasteiger partial charge >= 0.3 is 0 Å². The molecule has 0 amide bonds. The molecule has 0 aliphatic carbocycles. The maximum absolute atomic E-state index is 13.1. The quantitative estimate of drug-likeness (QED) is 0.805. The largest absolute Gasteiger partial charge is 0.391 e. The number of benzene rings is 1. The van der Waals surface area contributed by atoms with E-state index in [1.165, 1.54) is 13.0 Å². The zero-order valence-electron chi connectivity index (χ0n) is 7.47. The molecule has 3 N–H and O–H groups in total.